The van der Waals surface area contributed by atoms with Crippen LogP contribution in [0.4, 0.5) is 11.4 Å². The summed E-state index contributed by atoms with van der Waals surface area (Å²) >= 11 is 0. The van der Waals surface area contributed by atoms with Gasteiger partial charge in [0, 0.05) is 25.6 Å². The van der Waals surface area contributed by atoms with Crippen molar-refractivity contribution in [3.05, 3.63) is 57.8 Å². The van der Waals surface area contributed by atoms with Gasteiger partial charge in [-0.25, -0.2) is 9.42 Å². The fraction of sp³-hybridized carbons (Fsp3) is 0.407. The van der Waals surface area contributed by atoms with Crippen LogP contribution in [-0.4, -0.2) is 96.4 Å². The standard InChI is InChI=1S/C27H31N5O12/c33-15-7-5-14(6-8-15)12-18(26(38)39)42-27-25(37)24(36)23(35)19(43-27)13-29-20(34)4-2-1-3-11-28-16-9-10-17(32(40)41)22-21(16)30-44-31-22/h5-10,12,19,23-25,27-28,33,35-37H,1-4,11,13H2,(H,29,34)(H,38,39)/b18-12-/t19-,23+,24+,25-,27-/m1/s1. The molecule has 17 heteroatoms. The van der Waals surface area contributed by atoms with E-state index in [9.17, 15) is 45.2 Å². The molecule has 4 rings (SSSR count). The molecule has 0 bridgehead atoms. The van der Waals surface area contributed by atoms with Crippen molar-refractivity contribution in [2.45, 2.75) is 56.4 Å². The molecule has 2 aromatic carbocycles. The molecule has 1 aliphatic rings. The van der Waals surface area contributed by atoms with Crippen LogP contribution < -0.4 is 10.6 Å². The number of amides is 1. The Kier molecular flexibility index (Phi) is 10.6. The highest BCUT2D eigenvalue weighted by Crippen LogP contribution is 2.29. The van der Waals surface area contributed by atoms with E-state index in [1.807, 2.05) is 0 Å². The maximum absolute atomic E-state index is 12.4. The normalized spacial score (nSPS) is 22.0. The van der Waals surface area contributed by atoms with Crippen molar-refractivity contribution in [2.24, 2.45) is 0 Å². The highest BCUT2D eigenvalue weighted by molar-refractivity contribution is 5.93. The Hall–Kier alpha value is -4.84. The van der Waals surface area contributed by atoms with Gasteiger partial charge in [0.2, 0.25) is 23.5 Å². The smallest absolute Gasteiger partial charge is 0.371 e. The van der Waals surface area contributed by atoms with Gasteiger partial charge in [0.1, 0.15) is 30.2 Å². The first kappa shape index (κ1) is 32.1. The summed E-state index contributed by atoms with van der Waals surface area (Å²) in [5.74, 6) is -2.52. The topological polar surface area (TPSA) is 260 Å². The van der Waals surface area contributed by atoms with Crippen LogP contribution in [0.2, 0.25) is 0 Å². The van der Waals surface area contributed by atoms with Crippen LogP contribution in [0.25, 0.3) is 17.1 Å². The number of fused-ring (bicyclic) bond motifs is 1. The molecule has 5 atom stereocenters. The lowest BCUT2D eigenvalue weighted by Gasteiger charge is -2.40. The lowest BCUT2D eigenvalue weighted by molar-refractivity contribution is -0.383. The second-order valence-electron chi connectivity index (χ2n) is 9.93. The fourth-order valence-electron chi connectivity index (χ4n) is 4.43. The molecule has 1 aliphatic heterocycles. The van der Waals surface area contributed by atoms with Gasteiger partial charge in [-0.3, -0.25) is 14.9 Å². The van der Waals surface area contributed by atoms with Gasteiger partial charge in [0.05, 0.1) is 10.6 Å². The number of phenols is 1. The summed E-state index contributed by atoms with van der Waals surface area (Å²) in [5, 5.41) is 74.0. The predicted octanol–water partition coefficient (Wildman–Crippen LogP) is 0.875. The number of aromatic hydroxyl groups is 1. The van der Waals surface area contributed by atoms with Crippen LogP contribution in [0.5, 0.6) is 5.75 Å². The molecular formula is C27H31N5O12. The van der Waals surface area contributed by atoms with E-state index in [0.29, 0.717) is 37.1 Å². The molecule has 236 valence electrons. The molecule has 0 spiro atoms. The van der Waals surface area contributed by atoms with Gasteiger partial charge in [0.25, 0.3) is 0 Å². The first-order chi connectivity index (χ1) is 21.0. The zero-order chi connectivity index (χ0) is 31.8. The summed E-state index contributed by atoms with van der Waals surface area (Å²) in [7, 11) is 0. The van der Waals surface area contributed by atoms with Crippen LogP contribution >= 0.6 is 0 Å². The number of aromatic nitrogens is 2. The zero-order valence-electron chi connectivity index (χ0n) is 23.1. The number of anilines is 1. The molecule has 0 saturated carbocycles. The van der Waals surface area contributed by atoms with Crippen molar-refractivity contribution >= 4 is 40.4 Å². The number of aliphatic carboxylic acids is 1. The molecule has 1 saturated heterocycles. The Morgan fingerprint density at radius 2 is 1.73 bits per heavy atom. The Bertz CT molecular complexity index is 1490. The minimum atomic E-state index is -1.80. The van der Waals surface area contributed by atoms with Crippen molar-refractivity contribution in [3.63, 3.8) is 0 Å². The fourth-order valence-corrected chi connectivity index (χ4v) is 4.43. The van der Waals surface area contributed by atoms with Crippen molar-refractivity contribution in [3.8, 4) is 5.75 Å². The summed E-state index contributed by atoms with van der Waals surface area (Å²) in [6.07, 6.45) is -4.95. The molecule has 2 heterocycles. The average molecular weight is 618 g/mol. The molecule has 3 aromatic rings. The number of aliphatic hydroxyl groups excluding tert-OH is 3. The number of benzene rings is 2. The van der Waals surface area contributed by atoms with E-state index in [-0.39, 0.29) is 41.3 Å². The zero-order valence-corrected chi connectivity index (χ0v) is 23.1. The van der Waals surface area contributed by atoms with E-state index < -0.39 is 47.4 Å². The van der Waals surface area contributed by atoms with E-state index in [4.69, 9.17) is 9.47 Å². The third kappa shape index (κ3) is 7.95. The number of carbonyl (C=O) groups is 2. The lowest BCUT2D eigenvalue weighted by atomic mass is 9.98. The first-order valence-electron chi connectivity index (χ1n) is 13.6. The van der Waals surface area contributed by atoms with Crippen LogP contribution in [0.15, 0.2) is 46.8 Å². The number of nitro benzene ring substituents is 1. The number of ether oxygens (including phenoxy) is 2. The van der Waals surface area contributed by atoms with Crippen LogP contribution in [0, 0.1) is 10.1 Å². The SMILES string of the molecule is O=C(CCCCCNc1ccc([N+](=O)[O-])c2nonc12)NC[C@H]1O[C@@H](O/C(=C\c2ccc(O)cc2)C(=O)O)[C@H](O)[C@@H](O)[C@H]1O. The summed E-state index contributed by atoms with van der Waals surface area (Å²) in [5.41, 5.74) is 0.948. The van der Waals surface area contributed by atoms with Crippen molar-refractivity contribution in [1.29, 1.82) is 0 Å². The van der Waals surface area contributed by atoms with E-state index in [1.54, 1.807) is 0 Å². The molecule has 44 heavy (non-hydrogen) atoms. The quantitative estimate of drug-likeness (QED) is 0.0435. The van der Waals surface area contributed by atoms with Gasteiger partial charge in [-0.05, 0) is 53.0 Å². The molecule has 1 amide bonds. The number of aliphatic hydroxyl groups is 3. The van der Waals surface area contributed by atoms with Gasteiger partial charge in [-0.2, -0.15) is 0 Å². The van der Waals surface area contributed by atoms with Gasteiger partial charge >= 0.3 is 11.7 Å². The number of nitrogens with zero attached hydrogens (tertiary/aromatic N) is 3. The van der Waals surface area contributed by atoms with Gasteiger partial charge in [-0.15, -0.1) is 0 Å². The van der Waals surface area contributed by atoms with E-state index in [0.717, 1.165) is 6.08 Å². The molecule has 1 fully saturated rings. The maximum Gasteiger partial charge on any atom is 0.371 e. The number of nitrogens with one attached hydrogen (secondary N) is 2. The number of non-ortho nitro benzene ring substituents is 1. The number of hydrogen-bond donors (Lipinski definition) is 7. The minimum absolute atomic E-state index is 0.0308. The second kappa shape index (κ2) is 14.6. The van der Waals surface area contributed by atoms with E-state index in [2.05, 4.69) is 25.6 Å². The molecule has 1 aromatic heterocycles. The lowest BCUT2D eigenvalue weighted by Crippen LogP contribution is -2.60. The summed E-state index contributed by atoms with van der Waals surface area (Å²) in [6.45, 7) is 0.238. The number of carboxylic acids is 1. The third-order valence-electron chi connectivity index (χ3n) is 6.80. The van der Waals surface area contributed by atoms with Crippen LogP contribution in [0.1, 0.15) is 31.2 Å². The summed E-state index contributed by atoms with van der Waals surface area (Å²) in [4.78, 5) is 34.6. The number of carbonyl (C=O) groups excluding carboxylic acids is 1. The highest BCUT2D eigenvalue weighted by Gasteiger charge is 2.45. The average Bonchev–Trinajstić information content (AvgIpc) is 3.49. The van der Waals surface area contributed by atoms with Gasteiger partial charge < -0.3 is 45.6 Å². The summed E-state index contributed by atoms with van der Waals surface area (Å²) in [6, 6.07) is 8.35. The Labute approximate surface area is 248 Å². The molecule has 17 nitrogen and oxygen atoms in total. The Balaban J connectivity index is 1.21. The van der Waals surface area contributed by atoms with Gasteiger partial charge in [-0.1, -0.05) is 18.6 Å². The molecule has 0 radical (unpaired) electrons. The predicted molar refractivity (Wildman–Crippen MR) is 150 cm³/mol. The Morgan fingerprint density at radius 1 is 1.00 bits per heavy atom. The number of phenolic OH excluding ortho intramolecular Hbond substituents is 1. The minimum Gasteiger partial charge on any atom is -0.508 e. The third-order valence-corrected chi connectivity index (χ3v) is 6.80. The molecular weight excluding hydrogens is 586 g/mol. The Morgan fingerprint density at radius 3 is 2.43 bits per heavy atom. The van der Waals surface area contributed by atoms with E-state index in [1.165, 1.54) is 36.4 Å². The monoisotopic (exact) mass is 617 g/mol. The highest BCUT2D eigenvalue weighted by atomic mass is 16.7. The number of unbranched alkanes of at least 4 members (excludes halogenated alkanes) is 2. The molecule has 0 aliphatic carbocycles. The number of carboxylic acid groups (broad SMARTS) is 1. The number of hydrogen-bond acceptors (Lipinski definition) is 14. The second-order valence-corrected chi connectivity index (χ2v) is 9.93. The molecule has 7 N–H and O–H groups in total. The number of rotatable bonds is 14. The maximum atomic E-state index is 12.4. The molecule has 0 unspecified atom stereocenters. The van der Waals surface area contributed by atoms with Crippen molar-refractivity contribution in [1.82, 2.24) is 15.6 Å². The van der Waals surface area contributed by atoms with Crippen molar-refractivity contribution in [2.75, 3.05) is 18.4 Å². The largest absolute Gasteiger partial charge is 0.508 e. The van der Waals surface area contributed by atoms with E-state index >= 15 is 0 Å². The number of nitro groups is 1. The summed E-state index contributed by atoms with van der Waals surface area (Å²) < 4.78 is 15.5. The van der Waals surface area contributed by atoms with Crippen LogP contribution in [-0.2, 0) is 19.1 Å². The van der Waals surface area contributed by atoms with Crippen molar-refractivity contribution < 1.29 is 54.1 Å². The van der Waals surface area contributed by atoms with Gasteiger partial charge in [0.15, 0.2) is 5.52 Å². The van der Waals surface area contributed by atoms with Crippen LogP contribution in [0.3, 0.4) is 0 Å². The first-order valence-corrected chi connectivity index (χ1v) is 13.6.